The molecule has 0 spiro atoms. The zero-order valence-electron chi connectivity index (χ0n) is 10.6. The SMILES string of the molecule is CC(C)(C)C1CNCC(C)(C2CCC2)O1. The number of ether oxygens (including phenoxy) is 1. The number of hydrogen-bond donors (Lipinski definition) is 1. The zero-order valence-corrected chi connectivity index (χ0v) is 10.6. The van der Waals surface area contributed by atoms with Crippen molar-refractivity contribution in [3.05, 3.63) is 0 Å². The van der Waals surface area contributed by atoms with E-state index in [2.05, 4.69) is 33.0 Å². The lowest BCUT2D eigenvalue weighted by Gasteiger charge is -2.50. The first-order valence-electron chi connectivity index (χ1n) is 6.30. The predicted molar refractivity (Wildman–Crippen MR) is 62.9 cm³/mol. The molecule has 1 aliphatic heterocycles. The van der Waals surface area contributed by atoms with E-state index in [0.717, 1.165) is 19.0 Å². The molecule has 0 aromatic heterocycles. The number of morpholine rings is 1. The molecule has 0 aromatic carbocycles. The lowest BCUT2D eigenvalue weighted by molar-refractivity contribution is -0.180. The van der Waals surface area contributed by atoms with Gasteiger partial charge in [-0.3, -0.25) is 0 Å². The molecule has 1 heterocycles. The van der Waals surface area contributed by atoms with Crippen molar-refractivity contribution in [2.75, 3.05) is 13.1 Å². The Morgan fingerprint density at radius 1 is 1.27 bits per heavy atom. The third kappa shape index (κ3) is 2.21. The molecule has 0 amide bonds. The van der Waals surface area contributed by atoms with Crippen LogP contribution in [0.1, 0.15) is 47.0 Å². The van der Waals surface area contributed by atoms with E-state index >= 15 is 0 Å². The largest absolute Gasteiger partial charge is 0.369 e. The van der Waals surface area contributed by atoms with Gasteiger partial charge < -0.3 is 10.1 Å². The molecule has 2 nitrogen and oxygen atoms in total. The van der Waals surface area contributed by atoms with Gasteiger partial charge in [-0.1, -0.05) is 27.2 Å². The van der Waals surface area contributed by atoms with E-state index in [-0.39, 0.29) is 11.0 Å². The Kier molecular flexibility index (Phi) is 2.85. The molecule has 1 aliphatic carbocycles. The van der Waals surface area contributed by atoms with Crippen molar-refractivity contribution in [3.63, 3.8) is 0 Å². The highest BCUT2D eigenvalue weighted by molar-refractivity contribution is 4.96. The van der Waals surface area contributed by atoms with Gasteiger partial charge in [-0.25, -0.2) is 0 Å². The maximum atomic E-state index is 6.38. The normalized spacial score (nSPS) is 38.8. The first-order chi connectivity index (χ1) is 6.92. The summed E-state index contributed by atoms with van der Waals surface area (Å²) in [5.41, 5.74) is 0.340. The Morgan fingerprint density at radius 2 is 1.93 bits per heavy atom. The summed E-state index contributed by atoms with van der Waals surface area (Å²) >= 11 is 0. The van der Waals surface area contributed by atoms with Gasteiger partial charge in [0.05, 0.1) is 11.7 Å². The highest BCUT2D eigenvalue weighted by atomic mass is 16.5. The van der Waals surface area contributed by atoms with Gasteiger partial charge >= 0.3 is 0 Å². The fourth-order valence-corrected chi connectivity index (χ4v) is 2.60. The van der Waals surface area contributed by atoms with Crippen molar-refractivity contribution in [1.82, 2.24) is 5.32 Å². The lowest BCUT2D eigenvalue weighted by Crippen LogP contribution is -2.60. The van der Waals surface area contributed by atoms with Crippen molar-refractivity contribution >= 4 is 0 Å². The van der Waals surface area contributed by atoms with Crippen LogP contribution in [-0.2, 0) is 4.74 Å². The minimum Gasteiger partial charge on any atom is -0.369 e. The molecule has 1 saturated carbocycles. The van der Waals surface area contributed by atoms with Gasteiger partial charge in [0.25, 0.3) is 0 Å². The average Bonchev–Trinajstić information content (AvgIpc) is 1.98. The summed E-state index contributed by atoms with van der Waals surface area (Å²) in [6, 6.07) is 0. The lowest BCUT2D eigenvalue weighted by atomic mass is 9.72. The summed E-state index contributed by atoms with van der Waals surface area (Å²) in [7, 11) is 0. The number of nitrogens with one attached hydrogen (secondary N) is 1. The molecule has 2 aliphatic rings. The van der Waals surface area contributed by atoms with Gasteiger partial charge in [0.15, 0.2) is 0 Å². The summed E-state index contributed by atoms with van der Waals surface area (Å²) in [6.07, 6.45) is 4.46. The summed E-state index contributed by atoms with van der Waals surface area (Å²) in [5, 5.41) is 3.56. The fourth-order valence-electron chi connectivity index (χ4n) is 2.60. The van der Waals surface area contributed by atoms with Gasteiger partial charge in [0, 0.05) is 13.1 Å². The third-order valence-corrected chi connectivity index (χ3v) is 4.15. The van der Waals surface area contributed by atoms with Crippen LogP contribution in [0.5, 0.6) is 0 Å². The molecule has 2 atom stereocenters. The summed E-state index contributed by atoms with van der Waals surface area (Å²) in [4.78, 5) is 0. The molecule has 0 aromatic rings. The van der Waals surface area contributed by atoms with Gasteiger partial charge in [0.1, 0.15) is 0 Å². The second-order valence-corrected chi connectivity index (χ2v) is 6.54. The van der Waals surface area contributed by atoms with Crippen LogP contribution in [0.15, 0.2) is 0 Å². The molecular weight excluding hydrogens is 186 g/mol. The van der Waals surface area contributed by atoms with Gasteiger partial charge in [0.2, 0.25) is 0 Å². The van der Waals surface area contributed by atoms with E-state index in [9.17, 15) is 0 Å². The van der Waals surface area contributed by atoms with Crippen molar-refractivity contribution < 1.29 is 4.74 Å². The second kappa shape index (κ2) is 3.74. The minimum atomic E-state index is 0.0917. The van der Waals surface area contributed by atoms with Crippen LogP contribution in [0.3, 0.4) is 0 Å². The van der Waals surface area contributed by atoms with Crippen LogP contribution in [0.2, 0.25) is 0 Å². The molecule has 2 unspecified atom stereocenters. The topological polar surface area (TPSA) is 21.3 Å². The molecular formula is C13H25NO. The standard InChI is InChI=1S/C13H25NO/c1-12(2,3)11-8-14-9-13(4,15-11)10-6-5-7-10/h10-11,14H,5-9H2,1-4H3. The maximum absolute atomic E-state index is 6.38. The Hall–Kier alpha value is -0.0800. The quantitative estimate of drug-likeness (QED) is 0.720. The molecule has 2 rings (SSSR count). The van der Waals surface area contributed by atoms with E-state index in [4.69, 9.17) is 4.74 Å². The molecule has 1 N–H and O–H groups in total. The van der Waals surface area contributed by atoms with E-state index < -0.39 is 0 Å². The molecule has 0 bridgehead atoms. The molecule has 1 saturated heterocycles. The maximum Gasteiger partial charge on any atom is 0.0810 e. The van der Waals surface area contributed by atoms with Crippen LogP contribution >= 0.6 is 0 Å². The van der Waals surface area contributed by atoms with E-state index in [1.165, 1.54) is 19.3 Å². The van der Waals surface area contributed by atoms with Crippen LogP contribution in [0.25, 0.3) is 0 Å². The van der Waals surface area contributed by atoms with Crippen LogP contribution in [0.4, 0.5) is 0 Å². The van der Waals surface area contributed by atoms with Crippen molar-refractivity contribution in [2.24, 2.45) is 11.3 Å². The van der Waals surface area contributed by atoms with E-state index in [0.29, 0.717) is 6.10 Å². The van der Waals surface area contributed by atoms with Crippen molar-refractivity contribution in [1.29, 1.82) is 0 Å². The third-order valence-electron chi connectivity index (χ3n) is 4.15. The fraction of sp³-hybridized carbons (Fsp3) is 1.00. The van der Waals surface area contributed by atoms with Crippen LogP contribution in [-0.4, -0.2) is 24.8 Å². The monoisotopic (exact) mass is 211 g/mol. The molecule has 15 heavy (non-hydrogen) atoms. The summed E-state index contributed by atoms with van der Waals surface area (Å²) in [6.45, 7) is 11.1. The van der Waals surface area contributed by atoms with E-state index in [1.807, 2.05) is 0 Å². The summed E-state index contributed by atoms with van der Waals surface area (Å²) < 4.78 is 6.38. The minimum absolute atomic E-state index is 0.0917. The van der Waals surface area contributed by atoms with E-state index in [1.54, 1.807) is 0 Å². The number of rotatable bonds is 1. The Bertz CT molecular complexity index is 229. The molecule has 88 valence electrons. The highest BCUT2D eigenvalue weighted by Crippen LogP contribution is 2.41. The van der Waals surface area contributed by atoms with Gasteiger partial charge in [-0.2, -0.15) is 0 Å². The molecule has 2 fully saturated rings. The Balaban J connectivity index is 2.02. The first kappa shape index (κ1) is 11.4. The number of hydrogen-bond acceptors (Lipinski definition) is 2. The van der Waals surface area contributed by atoms with Crippen LogP contribution in [0, 0.1) is 11.3 Å². The van der Waals surface area contributed by atoms with Crippen LogP contribution < -0.4 is 5.32 Å². The smallest absolute Gasteiger partial charge is 0.0810 e. The van der Waals surface area contributed by atoms with Gasteiger partial charge in [-0.05, 0) is 31.1 Å². The first-order valence-corrected chi connectivity index (χ1v) is 6.30. The Morgan fingerprint density at radius 3 is 2.40 bits per heavy atom. The van der Waals surface area contributed by atoms with Crippen molar-refractivity contribution in [2.45, 2.75) is 58.7 Å². The Labute approximate surface area is 93.8 Å². The van der Waals surface area contributed by atoms with Crippen molar-refractivity contribution in [3.8, 4) is 0 Å². The second-order valence-electron chi connectivity index (χ2n) is 6.54. The molecule has 2 heteroatoms. The predicted octanol–water partition coefficient (Wildman–Crippen LogP) is 2.58. The highest BCUT2D eigenvalue weighted by Gasteiger charge is 2.44. The summed E-state index contributed by atoms with van der Waals surface area (Å²) in [5.74, 6) is 0.787. The zero-order chi connectivity index (χ0) is 11.1. The van der Waals surface area contributed by atoms with Gasteiger partial charge in [-0.15, -0.1) is 0 Å². The molecule has 0 radical (unpaired) electrons. The average molecular weight is 211 g/mol.